The van der Waals surface area contributed by atoms with Crippen LogP contribution < -0.4 is 5.56 Å². The first kappa shape index (κ1) is 17.9. The van der Waals surface area contributed by atoms with Gasteiger partial charge in [0.25, 0.3) is 5.56 Å². The molecule has 1 aliphatic rings. The van der Waals surface area contributed by atoms with Crippen LogP contribution in [0.15, 0.2) is 29.3 Å². The van der Waals surface area contributed by atoms with Crippen LogP contribution in [0.4, 0.5) is 0 Å². The zero-order valence-corrected chi connectivity index (χ0v) is 16.2. The van der Waals surface area contributed by atoms with Gasteiger partial charge in [0.1, 0.15) is 10.7 Å². The third-order valence-electron chi connectivity index (χ3n) is 5.15. The molecule has 1 N–H and O–H groups in total. The Balaban J connectivity index is 2.01. The van der Waals surface area contributed by atoms with Crippen molar-refractivity contribution in [2.45, 2.75) is 46.1 Å². The lowest BCUT2D eigenvalue weighted by molar-refractivity contribution is -0.147. The molecule has 7 heteroatoms. The highest BCUT2D eigenvalue weighted by molar-refractivity contribution is 7.18. The number of carboxylic acids is 1. The maximum absolute atomic E-state index is 13.5. The van der Waals surface area contributed by atoms with E-state index in [2.05, 4.69) is 4.98 Å². The van der Waals surface area contributed by atoms with Gasteiger partial charge >= 0.3 is 5.97 Å². The molecule has 0 spiro atoms. The minimum atomic E-state index is -1.09. The summed E-state index contributed by atoms with van der Waals surface area (Å²) < 4.78 is 1.54. The number of hydrogen-bond acceptors (Lipinski definition) is 5. The van der Waals surface area contributed by atoms with Crippen molar-refractivity contribution in [2.75, 3.05) is 0 Å². The minimum Gasteiger partial charge on any atom is -0.481 e. The molecule has 0 bridgehead atoms. The van der Waals surface area contributed by atoms with Gasteiger partial charge in [0.2, 0.25) is 0 Å². The molecule has 6 nitrogen and oxygen atoms in total. The maximum atomic E-state index is 13.5. The molecule has 4 rings (SSSR count). The van der Waals surface area contributed by atoms with E-state index in [0.29, 0.717) is 11.2 Å². The fourth-order valence-corrected chi connectivity index (χ4v) is 4.82. The molecular formula is C20H21N3O3S. The predicted molar refractivity (Wildman–Crippen MR) is 105 cm³/mol. The van der Waals surface area contributed by atoms with Crippen molar-refractivity contribution >= 4 is 27.5 Å². The Kier molecular flexibility index (Phi) is 4.34. The Morgan fingerprint density at radius 2 is 1.96 bits per heavy atom. The van der Waals surface area contributed by atoms with Crippen molar-refractivity contribution in [3.8, 4) is 11.4 Å². The highest BCUT2D eigenvalue weighted by Gasteiger charge is 2.31. The van der Waals surface area contributed by atoms with Gasteiger partial charge in [0.05, 0.1) is 10.8 Å². The second kappa shape index (κ2) is 6.56. The largest absolute Gasteiger partial charge is 0.481 e. The van der Waals surface area contributed by atoms with Gasteiger partial charge < -0.3 is 5.11 Å². The van der Waals surface area contributed by atoms with Gasteiger partial charge in [0.15, 0.2) is 0 Å². The summed E-state index contributed by atoms with van der Waals surface area (Å²) in [7, 11) is 0. The second-order valence-corrected chi connectivity index (χ2v) is 8.73. The van der Waals surface area contributed by atoms with E-state index in [9.17, 15) is 14.7 Å². The van der Waals surface area contributed by atoms with Crippen molar-refractivity contribution in [2.24, 2.45) is 5.41 Å². The van der Waals surface area contributed by atoms with Crippen LogP contribution in [0.2, 0.25) is 0 Å². The predicted octanol–water partition coefficient (Wildman–Crippen LogP) is 3.51. The van der Waals surface area contributed by atoms with Crippen molar-refractivity contribution in [3.05, 3.63) is 45.3 Å². The molecule has 0 aromatic carbocycles. The third kappa shape index (κ3) is 3.06. The minimum absolute atomic E-state index is 0.0619. The van der Waals surface area contributed by atoms with Crippen LogP contribution in [-0.4, -0.2) is 25.6 Å². The van der Waals surface area contributed by atoms with Crippen molar-refractivity contribution in [3.63, 3.8) is 0 Å². The lowest BCUT2D eigenvalue weighted by atomic mass is 9.93. The smallest absolute Gasteiger partial charge is 0.310 e. The summed E-state index contributed by atoms with van der Waals surface area (Å²) in [5.74, 6) is -0.439. The van der Waals surface area contributed by atoms with E-state index >= 15 is 0 Å². The Hall–Kier alpha value is -2.54. The molecule has 0 saturated carbocycles. The lowest BCUT2D eigenvalue weighted by Crippen LogP contribution is -2.35. The summed E-state index contributed by atoms with van der Waals surface area (Å²) in [5, 5.41) is 10.3. The normalized spacial score (nSPS) is 14.3. The highest BCUT2D eigenvalue weighted by Crippen LogP contribution is 2.35. The fourth-order valence-electron chi connectivity index (χ4n) is 3.57. The lowest BCUT2D eigenvalue weighted by Gasteiger charge is -2.22. The number of fused-ring (bicyclic) bond motifs is 3. The van der Waals surface area contributed by atoms with Crippen LogP contribution in [0.1, 0.15) is 37.1 Å². The van der Waals surface area contributed by atoms with E-state index in [1.807, 2.05) is 0 Å². The molecule has 1 aliphatic carbocycles. The molecule has 3 heterocycles. The number of thiophene rings is 1. The number of aromatic nitrogens is 3. The van der Waals surface area contributed by atoms with Gasteiger partial charge in [-0.2, -0.15) is 0 Å². The number of nitrogens with zero attached hydrogens (tertiary/aromatic N) is 3. The molecule has 0 saturated heterocycles. The molecule has 0 unspecified atom stereocenters. The summed E-state index contributed by atoms with van der Waals surface area (Å²) in [6.45, 7) is 3.32. The van der Waals surface area contributed by atoms with Crippen LogP contribution >= 0.6 is 11.3 Å². The third-order valence-corrected chi connectivity index (χ3v) is 6.33. The van der Waals surface area contributed by atoms with Gasteiger partial charge in [0, 0.05) is 29.4 Å². The average molecular weight is 383 g/mol. The zero-order chi connectivity index (χ0) is 19.2. The van der Waals surface area contributed by atoms with Crippen LogP contribution in [0.3, 0.4) is 0 Å². The van der Waals surface area contributed by atoms with E-state index in [4.69, 9.17) is 4.98 Å². The van der Waals surface area contributed by atoms with Gasteiger partial charge in [-0.3, -0.25) is 19.1 Å². The monoisotopic (exact) mass is 383 g/mol. The van der Waals surface area contributed by atoms with Crippen LogP contribution in [-0.2, 0) is 24.2 Å². The van der Waals surface area contributed by atoms with E-state index in [1.165, 1.54) is 9.44 Å². The van der Waals surface area contributed by atoms with E-state index < -0.39 is 11.4 Å². The van der Waals surface area contributed by atoms with Crippen LogP contribution in [0.5, 0.6) is 0 Å². The van der Waals surface area contributed by atoms with Gasteiger partial charge in [-0.15, -0.1) is 11.3 Å². The standard InChI is InChI=1S/C20H21N3O3S/c1-20(2,19(25)26)11-23-16(12-7-9-21-10-8-12)22-17-15(18(23)24)13-5-3-4-6-14(13)27-17/h7-10H,3-6,11H2,1-2H3,(H,25,26). The SMILES string of the molecule is CC(C)(Cn1c(-c2ccncc2)nc2sc3c(c2c1=O)CCCC3)C(=O)O. The molecule has 0 aliphatic heterocycles. The summed E-state index contributed by atoms with van der Waals surface area (Å²) in [6.07, 6.45) is 7.39. The van der Waals surface area contributed by atoms with E-state index in [1.54, 1.807) is 49.7 Å². The molecule has 0 fully saturated rings. The summed E-state index contributed by atoms with van der Waals surface area (Å²) in [4.78, 5) is 36.0. The molecule has 0 atom stereocenters. The Bertz CT molecular complexity index is 1080. The number of aliphatic carboxylic acids is 1. The molecule has 0 radical (unpaired) electrons. The highest BCUT2D eigenvalue weighted by atomic mass is 32.1. The van der Waals surface area contributed by atoms with Gasteiger partial charge in [-0.1, -0.05) is 0 Å². The molecule has 140 valence electrons. The van der Waals surface area contributed by atoms with E-state index in [-0.39, 0.29) is 12.1 Å². The molecule has 3 aromatic heterocycles. The van der Waals surface area contributed by atoms with E-state index in [0.717, 1.165) is 41.6 Å². The quantitative estimate of drug-likeness (QED) is 0.745. The number of aryl methyl sites for hydroxylation is 2. The molecule has 0 amide bonds. The second-order valence-electron chi connectivity index (χ2n) is 7.64. The average Bonchev–Trinajstić information content (AvgIpc) is 3.03. The van der Waals surface area contributed by atoms with Crippen LogP contribution in [0, 0.1) is 5.41 Å². The number of carboxylic acid groups (broad SMARTS) is 1. The Morgan fingerprint density at radius 3 is 2.67 bits per heavy atom. The number of carbonyl (C=O) groups is 1. The Morgan fingerprint density at radius 1 is 1.26 bits per heavy atom. The van der Waals surface area contributed by atoms with Crippen molar-refractivity contribution in [1.82, 2.24) is 14.5 Å². The first-order valence-electron chi connectivity index (χ1n) is 9.07. The first-order chi connectivity index (χ1) is 12.9. The zero-order valence-electron chi connectivity index (χ0n) is 15.4. The topological polar surface area (TPSA) is 85.1 Å². The number of pyridine rings is 1. The molecule has 3 aromatic rings. The Labute approximate surface area is 160 Å². The maximum Gasteiger partial charge on any atom is 0.310 e. The number of hydrogen-bond donors (Lipinski definition) is 1. The van der Waals surface area contributed by atoms with Gasteiger partial charge in [-0.05, 0) is 57.2 Å². The first-order valence-corrected chi connectivity index (χ1v) is 9.89. The summed E-state index contributed by atoms with van der Waals surface area (Å²) in [5.41, 5.74) is 0.649. The van der Waals surface area contributed by atoms with Crippen LogP contribution in [0.25, 0.3) is 21.6 Å². The summed E-state index contributed by atoms with van der Waals surface area (Å²) >= 11 is 1.60. The fraction of sp³-hybridized carbons (Fsp3) is 0.400. The van der Waals surface area contributed by atoms with Crippen molar-refractivity contribution in [1.29, 1.82) is 0 Å². The molecular weight excluding hydrogens is 362 g/mol. The number of rotatable bonds is 4. The summed E-state index contributed by atoms with van der Waals surface area (Å²) in [6, 6.07) is 3.59. The van der Waals surface area contributed by atoms with Gasteiger partial charge in [-0.25, -0.2) is 4.98 Å². The molecule has 27 heavy (non-hydrogen) atoms. The van der Waals surface area contributed by atoms with Crippen molar-refractivity contribution < 1.29 is 9.90 Å².